The quantitative estimate of drug-likeness (QED) is 0.274. The number of rotatable bonds is 9. The summed E-state index contributed by atoms with van der Waals surface area (Å²) in [6.07, 6.45) is 4.87. The molecule has 1 atom stereocenters. The highest BCUT2D eigenvalue weighted by atomic mass is 28.4. The molecule has 0 spiro atoms. The monoisotopic (exact) mass is 472 g/mol. The molecule has 0 N–H and O–H groups in total. The van der Waals surface area contributed by atoms with Gasteiger partial charge in [-0.1, -0.05) is 114 Å². The molecule has 0 saturated carbocycles. The SMILES string of the molecule is CC(C)[Si](O/C(=C1/C=CCN(Cc2ccccc2)[C@H]1CC#N)c1ccccc1)(C(C)C)C(C)C. The van der Waals surface area contributed by atoms with E-state index < -0.39 is 8.32 Å². The second-order valence-corrected chi connectivity index (χ2v) is 15.6. The third-order valence-corrected chi connectivity index (χ3v) is 13.2. The topological polar surface area (TPSA) is 36.3 Å². The molecule has 0 radical (unpaired) electrons. The van der Waals surface area contributed by atoms with Gasteiger partial charge in [0, 0.05) is 24.2 Å². The van der Waals surface area contributed by atoms with Crippen molar-refractivity contribution in [3.05, 3.63) is 89.5 Å². The molecule has 2 aromatic rings. The Labute approximate surface area is 207 Å². The summed E-state index contributed by atoms with van der Waals surface area (Å²) in [6.45, 7) is 15.6. The van der Waals surface area contributed by atoms with Crippen molar-refractivity contribution in [2.75, 3.05) is 6.54 Å². The molecule has 2 aromatic carbocycles. The molecule has 0 amide bonds. The Morgan fingerprint density at radius 1 is 0.941 bits per heavy atom. The van der Waals surface area contributed by atoms with Gasteiger partial charge in [-0.2, -0.15) is 5.26 Å². The molecule has 0 bridgehead atoms. The molecule has 180 valence electrons. The molecule has 34 heavy (non-hydrogen) atoms. The molecule has 1 aliphatic rings. The normalized spacial score (nSPS) is 18.4. The van der Waals surface area contributed by atoms with Crippen molar-refractivity contribution in [1.82, 2.24) is 4.90 Å². The molecule has 3 nitrogen and oxygen atoms in total. The van der Waals surface area contributed by atoms with E-state index in [0.717, 1.165) is 30.0 Å². The first-order chi connectivity index (χ1) is 16.3. The summed E-state index contributed by atoms with van der Waals surface area (Å²) in [6, 6.07) is 23.5. The first-order valence-corrected chi connectivity index (χ1v) is 14.7. The fraction of sp³-hybridized carbons (Fsp3) is 0.433. The molecule has 4 heteroatoms. The Morgan fingerprint density at radius 2 is 1.50 bits per heavy atom. The van der Waals surface area contributed by atoms with Crippen LogP contribution in [-0.2, 0) is 11.0 Å². The van der Waals surface area contributed by atoms with Crippen LogP contribution in [0.4, 0.5) is 0 Å². The summed E-state index contributed by atoms with van der Waals surface area (Å²) in [5.74, 6) is 0.970. The van der Waals surface area contributed by atoms with E-state index in [1.165, 1.54) is 5.56 Å². The number of nitrogens with zero attached hydrogens (tertiary/aromatic N) is 2. The van der Waals surface area contributed by atoms with Gasteiger partial charge >= 0.3 is 0 Å². The molecule has 3 rings (SSSR count). The van der Waals surface area contributed by atoms with E-state index in [4.69, 9.17) is 4.43 Å². The van der Waals surface area contributed by atoms with Crippen molar-refractivity contribution >= 4 is 14.1 Å². The van der Waals surface area contributed by atoms with Crippen LogP contribution in [0.2, 0.25) is 16.6 Å². The van der Waals surface area contributed by atoms with E-state index >= 15 is 0 Å². The van der Waals surface area contributed by atoms with Gasteiger partial charge in [-0.3, -0.25) is 4.90 Å². The van der Waals surface area contributed by atoms with Crippen molar-refractivity contribution in [3.8, 4) is 6.07 Å². The van der Waals surface area contributed by atoms with Crippen LogP contribution in [0.25, 0.3) is 5.76 Å². The van der Waals surface area contributed by atoms with Crippen molar-refractivity contribution < 1.29 is 4.43 Å². The van der Waals surface area contributed by atoms with Gasteiger partial charge in [0.2, 0.25) is 0 Å². The highest BCUT2D eigenvalue weighted by Crippen LogP contribution is 2.46. The van der Waals surface area contributed by atoms with Gasteiger partial charge in [0.25, 0.3) is 8.32 Å². The Bertz CT molecular complexity index is 997. The van der Waals surface area contributed by atoms with Gasteiger partial charge in [-0.25, -0.2) is 0 Å². The Kier molecular flexibility index (Phi) is 8.94. The maximum absolute atomic E-state index is 9.81. The second kappa shape index (κ2) is 11.7. The maximum atomic E-state index is 9.81. The maximum Gasteiger partial charge on any atom is 0.258 e. The standard InChI is InChI=1S/C30H40N2OSi/c1-23(2)34(24(3)4,25(5)6)33-30(27-16-11-8-12-17-27)28-18-13-21-32(29(28)19-20-31)22-26-14-9-7-10-15-26/h7-18,23-25,29H,19,21-22H2,1-6H3/b30-28-/t29-/m0/s1. The zero-order valence-electron chi connectivity index (χ0n) is 21.7. The first kappa shape index (κ1) is 26.0. The van der Waals surface area contributed by atoms with E-state index in [9.17, 15) is 5.26 Å². The predicted octanol–water partition coefficient (Wildman–Crippen LogP) is 7.94. The predicted molar refractivity (Wildman–Crippen MR) is 146 cm³/mol. The van der Waals surface area contributed by atoms with Crippen LogP contribution < -0.4 is 0 Å². The smallest absolute Gasteiger partial charge is 0.258 e. The average Bonchev–Trinajstić information content (AvgIpc) is 2.82. The van der Waals surface area contributed by atoms with Crippen LogP contribution in [0.15, 0.2) is 78.4 Å². The Hall–Kier alpha value is -2.61. The number of benzene rings is 2. The van der Waals surface area contributed by atoms with Crippen LogP contribution >= 0.6 is 0 Å². The molecule has 0 aliphatic carbocycles. The lowest BCUT2D eigenvalue weighted by molar-refractivity contribution is 0.231. The summed E-state index contributed by atoms with van der Waals surface area (Å²) < 4.78 is 7.35. The third kappa shape index (κ3) is 5.54. The van der Waals surface area contributed by atoms with Gasteiger partial charge in [0.05, 0.1) is 18.5 Å². The lowest BCUT2D eigenvalue weighted by Gasteiger charge is -2.44. The molecule has 0 saturated heterocycles. The molecule has 0 unspecified atom stereocenters. The highest BCUT2D eigenvalue weighted by molar-refractivity contribution is 6.78. The van der Waals surface area contributed by atoms with E-state index in [-0.39, 0.29) is 6.04 Å². The van der Waals surface area contributed by atoms with E-state index in [2.05, 4.69) is 119 Å². The highest BCUT2D eigenvalue weighted by Gasteiger charge is 2.48. The van der Waals surface area contributed by atoms with E-state index in [1.807, 2.05) is 6.07 Å². The minimum absolute atomic E-state index is 0.0106. The van der Waals surface area contributed by atoms with Crippen LogP contribution in [0.3, 0.4) is 0 Å². The number of hydrogen-bond acceptors (Lipinski definition) is 3. The van der Waals surface area contributed by atoms with Crippen LogP contribution in [0.5, 0.6) is 0 Å². The largest absolute Gasteiger partial charge is 0.542 e. The molecular weight excluding hydrogens is 432 g/mol. The molecule has 0 aromatic heterocycles. The molecule has 1 aliphatic heterocycles. The average molecular weight is 473 g/mol. The van der Waals surface area contributed by atoms with Crippen LogP contribution in [0.1, 0.15) is 59.1 Å². The summed E-state index contributed by atoms with van der Waals surface area (Å²) in [5.41, 5.74) is 4.90. The van der Waals surface area contributed by atoms with Gasteiger partial charge in [-0.05, 0) is 22.2 Å². The summed E-state index contributed by atoms with van der Waals surface area (Å²) in [7, 11) is -2.20. The summed E-state index contributed by atoms with van der Waals surface area (Å²) in [5, 5.41) is 9.81. The van der Waals surface area contributed by atoms with Gasteiger partial charge in [0.1, 0.15) is 5.76 Å². The lowest BCUT2D eigenvalue weighted by atomic mass is 9.94. The van der Waals surface area contributed by atoms with Gasteiger partial charge in [0.15, 0.2) is 0 Å². The Balaban J connectivity index is 2.16. The fourth-order valence-electron chi connectivity index (χ4n) is 5.70. The molecule has 1 heterocycles. The molecular formula is C30H40N2OSi. The van der Waals surface area contributed by atoms with Crippen LogP contribution in [0, 0.1) is 11.3 Å². The van der Waals surface area contributed by atoms with Crippen molar-refractivity contribution in [2.45, 2.75) is 77.2 Å². The lowest BCUT2D eigenvalue weighted by Crippen LogP contribution is -2.48. The number of nitriles is 1. The van der Waals surface area contributed by atoms with Crippen molar-refractivity contribution in [1.29, 1.82) is 5.26 Å². The minimum atomic E-state index is -2.20. The second-order valence-electron chi connectivity index (χ2n) is 10.3. The van der Waals surface area contributed by atoms with Crippen LogP contribution in [-0.4, -0.2) is 25.8 Å². The van der Waals surface area contributed by atoms with E-state index in [1.54, 1.807) is 0 Å². The van der Waals surface area contributed by atoms with Gasteiger partial charge in [-0.15, -0.1) is 0 Å². The van der Waals surface area contributed by atoms with Crippen molar-refractivity contribution in [3.63, 3.8) is 0 Å². The van der Waals surface area contributed by atoms with E-state index in [0.29, 0.717) is 23.0 Å². The third-order valence-electron chi connectivity index (χ3n) is 7.23. The minimum Gasteiger partial charge on any atom is -0.542 e. The molecule has 0 fully saturated rings. The fourth-order valence-corrected chi connectivity index (χ4v) is 11.0. The zero-order chi connectivity index (χ0) is 24.7. The Morgan fingerprint density at radius 3 is 2.03 bits per heavy atom. The first-order valence-electron chi connectivity index (χ1n) is 12.6. The van der Waals surface area contributed by atoms with Gasteiger partial charge < -0.3 is 4.43 Å². The van der Waals surface area contributed by atoms with Crippen molar-refractivity contribution in [2.24, 2.45) is 0 Å². The summed E-state index contributed by atoms with van der Waals surface area (Å²) >= 11 is 0. The summed E-state index contributed by atoms with van der Waals surface area (Å²) in [4.78, 5) is 2.41. The number of hydrogen-bond donors (Lipinski definition) is 0. The zero-order valence-corrected chi connectivity index (χ0v) is 22.7.